The second-order valence-electron chi connectivity index (χ2n) is 7.78. The number of rotatable bonds is 3. The van der Waals surface area contributed by atoms with E-state index in [-0.39, 0.29) is 0 Å². The first-order chi connectivity index (χ1) is 12.6. The van der Waals surface area contributed by atoms with E-state index < -0.39 is 18.8 Å². The first-order valence-corrected chi connectivity index (χ1v) is 8.91. The van der Waals surface area contributed by atoms with Crippen LogP contribution in [0, 0.1) is 0 Å². The zero-order valence-corrected chi connectivity index (χ0v) is 15.8. The molecule has 27 heavy (non-hydrogen) atoms. The molecule has 0 atom stereocenters. The highest BCUT2D eigenvalue weighted by molar-refractivity contribution is 6.58. The molecule has 1 aliphatic heterocycles. The van der Waals surface area contributed by atoms with Crippen LogP contribution in [0.2, 0.25) is 0 Å². The van der Waals surface area contributed by atoms with Crippen molar-refractivity contribution in [1.29, 1.82) is 0 Å². The predicted molar refractivity (Wildman–Crippen MR) is 102 cm³/mol. The molecule has 0 unspecified atom stereocenters. The van der Waals surface area contributed by atoms with Crippen LogP contribution >= 0.6 is 0 Å². The molecule has 1 aromatic carbocycles. The number of nitrogen functional groups attached to an aromatic ring is 1. The number of hydrogen-bond donors (Lipinski definition) is 3. The number of anilines is 1. The molecule has 0 fully saturated rings. The van der Waals surface area contributed by atoms with E-state index in [1.807, 2.05) is 6.07 Å². The Balaban J connectivity index is 1.74. The second-order valence-corrected chi connectivity index (χ2v) is 7.78. The quantitative estimate of drug-likeness (QED) is 0.672. The molecule has 4 N–H and O–H groups in total. The molecular weight excluding hydrogens is 347 g/mol. The van der Waals surface area contributed by atoms with Gasteiger partial charge < -0.3 is 20.5 Å². The van der Waals surface area contributed by atoms with Crippen LogP contribution in [0.15, 0.2) is 24.3 Å². The van der Waals surface area contributed by atoms with Crippen molar-refractivity contribution < 1.29 is 19.6 Å². The maximum Gasteiger partial charge on any atom is 0.488 e. The van der Waals surface area contributed by atoms with Crippen molar-refractivity contribution in [2.75, 3.05) is 12.3 Å². The second kappa shape index (κ2) is 7.34. The van der Waals surface area contributed by atoms with Gasteiger partial charge in [-0.25, -0.2) is 4.79 Å². The predicted octanol–water partition coefficient (Wildman–Crippen LogP) is 0.487. The summed E-state index contributed by atoms with van der Waals surface area (Å²) in [6.07, 6.45) is 0.109. The molecule has 2 aromatic rings. The van der Waals surface area contributed by atoms with Crippen molar-refractivity contribution in [3.8, 4) is 0 Å². The Kier molecular flexibility index (Phi) is 5.28. The monoisotopic (exact) mass is 372 g/mol. The van der Waals surface area contributed by atoms with Crippen molar-refractivity contribution in [1.82, 2.24) is 14.7 Å². The van der Waals surface area contributed by atoms with Crippen LogP contribution in [0.3, 0.4) is 0 Å². The molecule has 0 aliphatic carbocycles. The molecule has 0 radical (unpaired) electrons. The molecule has 144 valence electrons. The molecule has 1 aromatic heterocycles. The van der Waals surface area contributed by atoms with Crippen LogP contribution in [0.5, 0.6) is 0 Å². The first kappa shape index (κ1) is 19.4. The van der Waals surface area contributed by atoms with Crippen LogP contribution < -0.4 is 11.2 Å². The average molecular weight is 372 g/mol. The average Bonchev–Trinajstić information content (AvgIpc) is 2.90. The lowest BCUT2D eigenvalue weighted by Crippen LogP contribution is -2.32. The minimum Gasteiger partial charge on any atom is -0.442 e. The fourth-order valence-electron chi connectivity index (χ4n) is 3.16. The lowest BCUT2D eigenvalue weighted by atomic mass is 9.79. The van der Waals surface area contributed by atoms with Crippen molar-refractivity contribution in [2.24, 2.45) is 0 Å². The summed E-state index contributed by atoms with van der Waals surface area (Å²) in [5.74, 6) is 0.337. The van der Waals surface area contributed by atoms with Gasteiger partial charge in [0.05, 0.1) is 5.69 Å². The number of carbonyl (C=O) groups excluding carboxylic acids is 1. The third-order valence-corrected chi connectivity index (χ3v) is 4.38. The van der Waals surface area contributed by atoms with Gasteiger partial charge in [-0.2, -0.15) is 5.10 Å². The van der Waals surface area contributed by atoms with E-state index in [4.69, 9.17) is 10.5 Å². The van der Waals surface area contributed by atoms with Gasteiger partial charge in [0.1, 0.15) is 11.4 Å². The van der Waals surface area contributed by atoms with Crippen LogP contribution in [0.25, 0.3) is 0 Å². The van der Waals surface area contributed by atoms with Crippen LogP contribution in [-0.2, 0) is 24.2 Å². The highest BCUT2D eigenvalue weighted by Gasteiger charge is 2.28. The standard InChI is InChI=1S/C18H25BN4O4/c1-18(2,3)27-17(24)23-16(20)14-7-8-22(11-15(14)21-23)10-12-5-4-6-13(9-12)19(25)26/h4-6,9,25-26H,7-8,10-11,20H2,1-3H3. The van der Waals surface area contributed by atoms with E-state index in [2.05, 4.69) is 10.00 Å². The van der Waals surface area contributed by atoms with Gasteiger partial charge in [0, 0.05) is 25.2 Å². The summed E-state index contributed by atoms with van der Waals surface area (Å²) in [6, 6.07) is 7.18. The highest BCUT2D eigenvalue weighted by atomic mass is 16.6. The van der Waals surface area contributed by atoms with E-state index in [0.717, 1.165) is 28.0 Å². The van der Waals surface area contributed by atoms with Crippen molar-refractivity contribution in [3.63, 3.8) is 0 Å². The normalized spacial score (nSPS) is 14.7. The Hall–Kier alpha value is -2.36. The van der Waals surface area contributed by atoms with Crippen molar-refractivity contribution >= 4 is 24.5 Å². The van der Waals surface area contributed by atoms with Gasteiger partial charge >= 0.3 is 13.2 Å². The van der Waals surface area contributed by atoms with Crippen LogP contribution in [0.1, 0.15) is 37.6 Å². The van der Waals surface area contributed by atoms with Crippen molar-refractivity contribution in [2.45, 2.75) is 45.9 Å². The Bertz CT molecular complexity index is 844. The van der Waals surface area contributed by atoms with E-state index in [1.54, 1.807) is 39.0 Å². The molecule has 0 saturated carbocycles. The molecule has 9 heteroatoms. The highest BCUT2D eigenvalue weighted by Crippen LogP contribution is 2.25. The Morgan fingerprint density at radius 3 is 2.78 bits per heavy atom. The largest absolute Gasteiger partial charge is 0.488 e. The third kappa shape index (κ3) is 4.49. The lowest BCUT2D eigenvalue weighted by Gasteiger charge is -2.26. The lowest BCUT2D eigenvalue weighted by molar-refractivity contribution is 0.0517. The summed E-state index contributed by atoms with van der Waals surface area (Å²) in [7, 11) is -1.48. The van der Waals surface area contributed by atoms with Gasteiger partial charge in [-0.3, -0.25) is 4.90 Å². The zero-order valence-electron chi connectivity index (χ0n) is 15.8. The molecule has 3 rings (SSSR count). The topological polar surface area (TPSA) is 114 Å². The summed E-state index contributed by atoms with van der Waals surface area (Å²) < 4.78 is 6.50. The number of nitrogens with zero attached hydrogens (tertiary/aromatic N) is 3. The molecule has 0 spiro atoms. The SMILES string of the molecule is CC(C)(C)OC(=O)n1nc2c(c1N)CCN(Cc1cccc(B(O)O)c1)C2. The van der Waals surface area contributed by atoms with E-state index >= 15 is 0 Å². The van der Waals surface area contributed by atoms with E-state index in [1.165, 1.54) is 0 Å². The number of aromatic nitrogens is 2. The molecular formula is C18H25BN4O4. The van der Waals surface area contributed by atoms with Gasteiger partial charge in [-0.15, -0.1) is 4.68 Å². The Labute approximate surface area is 158 Å². The number of ether oxygens (including phenoxy) is 1. The molecule has 0 bridgehead atoms. The number of benzene rings is 1. The van der Waals surface area contributed by atoms with Gasteiger partial charge in [-0.05, 0) is 38.2 Å². The maximum atomic E-state index is 12.3. The summed E-state index contributed by atoms with van der Waals surface area (Å²) in [5, 5.41) is 23.0. The fraction of sp³-hybridized carbons (Fsp3) is 0.444. The van der Waals surface area contributed by atoms with Crippen molar-refractivity contribution in [3.05, 3.63) is 41.1 Å². The first-order valence-electron chi connectivity index (χ1n) is 8.91. The van der Waals surface area contributed by atoms with Crippen LogP contribution in [-0.4, -0.2) is 50.1 Å². The third-order valence-electron chi connectivity index (χ3n) is 4.38. The summed E-state index contributed by atoms with van der Waals surface area (Å²) in [6.45, 7) is 7.35. The molecule has 8 nitrogen and oxygen atoms in total. The summed E-state index contributed by atoms with van der Waals surface area (Å²) >= 11 is 0. The summed E-state index contributed by atoms with van der Waals surface area (Å²) in [5.41, 5.74) is 8.59. The number of nitrogens with two attached hydrogens (primary N) is 1. The Morgan fingerprint density at radius 1 is 1.37 bits per heavy atom. The zero-order chi connectivity index (χ0) is 19.8. The molecule has 1 aliphatic rings. The number of hydrogen-bond acceptors (Lipinski definition) is 7. The van der Waals surface area contributed by atoms with Gasteiger partial charge in [-0.1, -0.05) is 24.3 Å². The minimum absolute atomic E-state index is 0.337. The van der Waals surface area contributed by atoms with Gasteiger partial charge in [0.25, 0.3) is 0 Å². The summed E-state index contributed by atoms with van der Waals surface area (Å²) in [4.78, 5) is 14.5. The smallest absolute Gasteiger partial charge is 0.442 e. The van der Waals surface area contributed by atoms with Gasteiger partial charge in [0.15, 0.2) is 0 Å². The number of fused-ring (bicyclic) bond motifs is 1. The minimum atomic E-state index is -1.48. The molecule has 0 amide bonds. The Morgan fingerprint density at radius 2 is 2.11 bits per heavy atom. The fourth-order valence-corrected chi connectivity index (χ4v) is 3.16. The van der Waals surface area contributed by atoms with Gasteiger partial charge in [0.2, 0.25) is 0 Å². The maximum absolute atomic E-state index is 12.3. The van der Waals surface area contributed by atoms with E-state index in [9.17, 15) is 14.8 Å². The van der Waals surface area contributed by atoms with E-state index in [0.29, 0.717) is 30.8 Å². The molecule has 2 heterocycles. The van der Waals surface area contributed by atoms with Crippen LogP contribution in [0.4, 0.5) is 10.6 Å². The molecule has 0 saturated heterocycles. The number of carbonyl (C=O) groups is 1.